The molecule has 0 spiro atoms. The Labute approximate surface area is 192 Å². The van der Waals surface area contributed by atoms with Crippen LogP contribution in [-0.2, 0) is 23.2 Å². The number of rotatable bonds is 8. The van der Waals surface area contributed by atoms with Crippen LogP contribution in [0.3, 0.4) is 0 Å². The van der Waals surface area contributed by atoms with E-state index in [1.807, 2.05) is 25.2 Å². The lowest BCUT2D eigenvalue weighted by molar-refractivity contribution is -0.120. The van der Waals surface area contributed by atoms with E-state index in [4.69, 9.17) is 11.6 Å². The first-order valence-corrected chi connectivity index (χ1v) is 11.8. The van der Waals surface area contributed by atoms with Crippen LogP contribution in [0.2, 0.25) is 5.02 Å². The van der Waals surface area contributed by atoms with Gasteiger partial charge in [0, 0.05) is 24.2 Å². The monoisotopic (exact) mass is 461 g/mol. The first kappa shape index (κ1) is 23.3. The summed E-state index contributed by atoms with van der Waals surface area (Å²) in [5.41, 5.74) is 0.776. The number of halogens is 1. The van der Waals surface area contributed by atoms with Crippen LogP contribution in [-0.4, -0.2) is 38.4 Å². The quantitative estimate of drug-likeness (QED) is 0.463. The lowest BCUT2D eigenvalue weighted by atomic mass is 9.86. The molecular formula is C22H28ClN5O2S. The second-order valence-electron chi connectivity index (χ2n) is 7.75. The highest BCUT2D eigenvalue weighted by atomic mass is 35.5. The third-order valence-corrected chi connectivity index (χ3v) is 6.82. The van der Waals surface area contributed by atoms with Crippen LogP contribution in [0.5, 0.6) is 0 Å². The van der Waals surface area contributed by atoms with E-state index in [9.17, 15) is 9.59 Å². The van der Waals surface area contributed by atoms with Gasteiger partial charge in [-0.1, -0.05) is 61.3 Å². The SMILES string of the molecule is CC1CCCCC1NC(=O)CSc1nnc(CNC(=O)C=Cc2ccccc2Cl)n1C. The molecule has 2 atom stereocenters. The molecule has 2 N–H and O–H groups in total. The van der Waals surface area contributed by atoms with Crippen LogP contribution in [0.4, 0.5) is 0 Å². The fourth-order valence-corrected chi connectivity index (χ4v) is 4.47. The molecule has 0 bridgehead atoms. The van der Waals surface area contributed by atoms with Gasteiger partial charge in [-0.05, 0) is 36.5 Å². The van der Waals surface area contributed by atoms with Crippen molar-refractivity contribution in [1.29, 1.82) is 0 Å². The molecule has 166 valence electrons. The first-order valence-electron chi connectivity index (χ1n) is 10.4. The number of nitrogens with one attached hydrogen (secondary N) is 2. The smallest absolute Gasteiger partial charge is 0.244 e. The average Bonchev–Trinajstić information content (AvgIpc) is 3.11. The maximum atomic E-state index is 12.3. The molecule has 2 amide bonds. The van der Waals surface area contributed by atoms with Crippen molar-refractivity contribution in [3.8, 4) is 0 Å². The fraction of sp³-hybridized carbons (Fsp3) is 0.455. The van der Waals surface area contributed by atoms with E-state index in [-0.39, 0.29) is 24.4 Å². The summed E-state index contributed by atoms with van der Waals surface area (Å²) in [6.45, 7) is 2.44. The van der Waals surface area contributed by atoms with E-state index in [2.05, 4.69) is 27.8 Å². The Hall–Kier alpha value is -2.32. The molecule has 1 fully saturated rings. The number of amides is 2. The van der Waals surface area contributed by atoms with Gasteiger partial charge in [-0.2, -0.15) is 0 Å². The van der Waals surface area contributed by atoms with E-state index in [1.165, 1.54) is 37.1 Å². The summed E-state index contributed by atoms with van der Waals surface area (Å²) >= 11 is 7.43. The van der Waals surface area contributed by atoms with Crippen molar-refractivity contribution in [2.75, 3.05) is 5.75 Å². The zero-order valence-corrected chi connectivity index (χ0v) is 19.4. The van der Waals surface area contributed by atoms with E-state index in [0.717, 1.165) is 12.0 Å². The normalized spacial score (nSPS) is 18.8. The Bertz CT molecular complexity index is 946. The molecular weight excluding hydrogens is 434 g/mol. The highest BCUT2D eigenvalue weighted by Crippen LogP contribution is 2.24. The lowest BCUT2D eigenvalue weighted by Gasteiger charge is -2.29. The number of nitrogens with zero attached hydrogens (tertiary/aromatic N) is 3. The van der Waals surface area contributed by atoms with Gasteiger partial charge in [-0.3, -0.25) is 9.59 Å². The van der Waals surface area contributed by atoms with Gasteiger partial charge in [0.2, 0.25) is 11.8 Å². The number of benzene rings is 1. The van der Waals surface area contributed by atoms with Crippen LogP contribution in [0, 0.1) is 5.92 Å². The summed E-state index contributed by atoms with van der Waals surface area (Å²) in [5.74, 6) is 1.20. The van der Waals surface area contributed by atoms with Crippen molar-refractivity contribution >= 4 is 41.3 Å². The standard InChI is InChI=1S/C22H28ClN5O2S/c1-15-7-3-6-10-18(15)25-21(30)14-31-22-27-26-19(28(22)2)13-24-20(29)12-11-16-8-4-5-9-17(16)23/h4-5,8-9,11-12,15,18H,3,6-7,10,13-14H2,1-2H3,(H,24,29)(H,25,30). The predicted octanol–water partition coefficient (Wildman–Crippen LogP) is 3.59. The summed E-state index contributed by atoms with van der Waals surface area (Å²) in [5, 5.41) is 15.4. The largest absolute Gasteiger partial charge is 0.352 e. The van der Waals surface area contributed by atoms with E-state index in [0.29, 0.717) is 27.7 Å². The van der Waals surface area contributed by atoms with E-state index >= 15 is 0 Å². The Kier molecular flexibility index (Phi) is 8.54. The number of hydrogen-bond acceptors (Lipinski definition) is 5. The van der Waals surface area contributed by atoms with Crippen LogP contribution in [0.25, 0.3) is 6.08 Å². The first-order chi connectivity index (χ1) is 14.9. The van der Waals surface area contributed by atoms with Gasteiger partial charge in [0.05, 0.1) is 12.3 Å². The molecule has 1 aliphatic carbocycles. The van der Waals surface area contributed by atoms with Crippen molar-refractivity contribution in [3.63, 3.8) is 0 Å². The number of thioether (sulfide) groups is 1. The van der Waals surface area contributed by atoms with Crippen molar-refractivity contribution in [2.24, 2.45) is 13.0 Å². The molecule has 0 aliphatic heterocycles. The van der Waals surface area contributed by atoms with Gasteiger partial charge in [-0.25, -0.2) is 0 Å². The van der Waals surface area contributed by atoms with Gasteiger partial charge in [0.1, 0.15) is 0 Å². The van der Waals surface area contributed by atoms with Crippen LogP contribution in [0.1, 0.15) is 44.0 Å². The van der Waals surface area contributed by atoms with Crippen LogP contribution in [0.15, 0.2) is 35.5 Å². The summed E-state index contributed by atoms with van der Waals surface area (Å²) in [6, 6.07) is 7.57. The number of aromatic nitrogens is 3. The molecule has 2 aromatic rings. The predicted molar refractivity (Wildman–Crippen MR) is 124 cm³/mol. The van der Waals surface area contributed by atoms with Crippen molar-refractivity contribution < 1.29 is 9.59 Å². The Balaban J connectivity index is 1.45. The fourth-order valence-electron chi connectivity index (χ4n) is 3.53. The molecule has 2 unspecified atom stereocenters. The lowest BCUT2D eigenvalue weighted by Crippen LogP contribution is -2.41. The zero-order chi connectivity index (χ0) is 22.2. The van der Waals surface area contributed by atoms with Crippen LogP contribution >= 0.6 is 23.4 Å². The minimum Gasteiger partial charge on any atom is -0.352 e. The molecule has 0 radical (unpaired) electrons. The molecule has 9 heteroatoms. The molecule has 7 nitrogen and oxygen atoms in total. The summed E-state index contributed by atoms with van der Waals surface area (Å²) in [7, 11) is 1.82. The van der Waals surface area contributed by atoms with Gasteiger partial charge in [0.25, 0.3) is 0 Å². The second-order valence-corrected chi connectivity index (χ2v) is 9.10. The van der Waals surface area contributed by atoms with Gasteiger partial charge in [-0.15, -0.1) is 10.2 Å². The Morgan fingerprint density at radius 1 is 1.26 bits per heavy atom. The highest BCUT2D eigenvalue weighted by molar-refractivity contribution is 7.99. The minimum atomic E-state index is -0.252. The van der Waals surface area contributed by atoms with Gasteiger partial charge < -0.3 is 15.2 Å². The molecule has 1 saturated carbocycles. The van der Waals surface area contributed by atoms with Crippen molar-refractivity contribution in [2.45, 2.75) is 50.4 Å². The minimum absolute atomic E-state index is 0.0197. The van der Waals surface area contributed by atoms with Crippen LogP contribution < -0.4 is 10.6 Å². The summed E-state index contributed by atoms with van der Waals surface area (Å²) in [4.78, 5) is 24.4. The molecule has 31 heavy (non-hydrogen) atoms. The highest BCUT2D eigenvalue weighted by Gasteiger charge is 2.23. The Morgan fingerprint density at radius 3 is 2.81 bits per heavy atom. The molecule has 1 aliphatic rings. The average molecular weight is 462 g/mol. The third kappa shape index (κ3) is 6.83. The van der Waals surface area contributed by atoms with Crippen molar-refractivity contribution in [1.82, 2.24) is 25.4 Å². The van der Waals surface area contributed by atoms with Gasteiger partial charge >= 0.3 is 0 Å². The molecule has 3 rings (SSSR count). The number of carbonyl (C=O) groups is 2. The Morgan fingerprint density at radius 2 is 2.03 bits per heavy atom. The van der Waals surface area contributed by atoms with E-state index in [1.54, 1.807) is 16.7 Å². The second kappa shape index (κ2) is 11.3. The number of carbonyl (C=O) groups excluding carboxylic acids is 2. The maximum Gasteiger partial charge on any atom is 0.244 e. The maximum absolute atomic E-state index is 12.3. The molecule has 1 aromatic carbocycles. The van der Waals surface area contributed by atoms with Gasteiger partial charge in [0.15, 0.2) is 11.0 Å². The molecule has 1 heterocycles. The molecule has 0 saturated heterocycles. The number of hydrogen-bond donors (Lipinski definition) is 2. The zero-order valence-electron chi connectivity index (χ0n) is 17.8. The van der Waals surface area contributed by atoms with Crippen molar-refractivity contribution in [3.05, 3.63) is 46.8 Å². The third-order valence-electron chi connectivity index (χ3n) is 5.46. The summed E-state index contributed by atoms with van der Waals surface area (Å²) in [6.07, 6.45) is 7.75. The topological polar surface area (TPSA) is 88.9 Å². The summed E-state index contributed by atoms with van der Waals surface area (Å²) < 4.78 is 1.79. The van der Waals surface area contributed by atoms with E-state index < -0.39 is 0 Å². The molecule has 1 aromatic heterocycles.